The fourth-order valence-corrected chi connectivity index (χ4v) is 1.58. The summed E-state index contributed by atoms with van der Waals surface area (Å²) in [6, 6.07) is 7.22. The smallest absolute Gasteiger partial charge is 0.364 e. The highest BCUT2D eigenvalue weighted by atomic mass is 16.7. The van der Waals surface area contributed by atoms with Crippen molar-refractivity contribution < 1.29 is 24.6 Å². The van der Waals surface area contributed by atoms with Gasteiger partial charge in [0.15, 0.2) is 0 Å². The zero-order valence-corrected chi connectivity index (χ0v) is 10.5. The first-order chi connectivity index (χ1) is 9.02. The van der Waals surface area contributed by atoms with E-state index >= 15 is 0 Å². The molecule has 1 aromatic heterocycles. The van der Waals surface area contributed by atoms with E-state index in [1.165, 1.54) is 25.3 Å². The maximum absolute atomic E-state index is 11.9. The summed E-state index contributed by atoms with van der Waals surface area (Å²) >= 11 is 0. The van der Waals surface area contributed by atoms with Crippen molar-refractivity contribution in [3.63, 3.8) is 0 Å². The number of hydrogen-bond donors (Lipinski definition) is 2. The molecule has 2 rings (SSSR count). The summed E-state index contributed by atoms with van der Waals surface area (Å²) in [6.07, 6.45) is 0. The van der Waals surface area contributed by atoms with Gasteiger partial charge in [-0.2, -0.15) is 0 Å². The minimum Gasteiger partial charge on any atom is -0.496 e. The van der Waals surface area contributed by atoms with Crippen LogP contribution in [0.3, 0.4) is 0 Å². The highest BCUT2D eigenvalue weighted by Crippen LogP contribution is 2.21. The summed E-state index contributed by atoms with van der Waals surface area (Å²) in [5.74, 6) is -0.912. The highest BCUT2D eigenvalue weighted by molar-refractivity contribution is 5.90. The van der Waals surface area contributed by atoms with Crippen LogP contribution in [0.1, 0.15) is 15.9 Å². The van der Waals surface area contributed by atoms with E-state index in [2.05, 4.69) is 0 Å². The molecule has 0 bridgehead atoms. The van der Waals surface area contributed by atoms with E-state index in [-0.39, 0.29) is 17.3 Å². The first-order valence-electron chi connectivity index (χ1n) is 5.50. The normalized spacial score (nSPS) is 10.2. The van der Waals surface area contributed by atoms with Gasteiger partial charge in [0.2, 0.25) is 11.8 Å². The second-order valence-electron chi connectivity index (χ2n) is 3.91. The second kappa shape index (κ2) is 4.93. The summed E-state index contributed by atoms with van der Waals surface area (Å²) in [5, 5.41) is 18.7. The lowest BCUT2D eigenvalue weighted by Crippen LogP contribution is -2.19. The van der Waals surface area contributed by atoms with Crippen LogP contribution < -0.4 is 9.57 Å². The number of benzene rings is 1. The Morgan fingerprint density at radius 3 is 2.37 bits per heavy atom. The standard InChI is InChI=1S/C13H13NO5/c1-8-3-4-9(7-10(8)18-2)13(17)19-14-11(15)5-6-12(14)16/h3-7,15-16H,1-2H3. The third-order valence-electron chi connectivity index (χ3n) is 2.62. The number of aromatic nitrogens is 1. The Morgan fingerprint density at radius 1 is 1.16 bits per heavy atom. The van der Waals surface area contributed by atoms with Gasteiger partial charge in [-0.15, -0.1) is 4.73 Å². The molecule has 0 amide bonds. The van der Waals surface area contributed by atoms with Gasteiger partial charge in [0, 0.05) is 12.1 Å². The van der Waals surface area contributed by atoms with Crippen molar-refractivity contribution in [3.8, 4) is 17.5 Å². The number of aromatic hydroxyl groups is 2. The Hall–Kier alpha value is -2.63. The van der Waals surface area contributed by atoms with Crippen molar-refractivity contribution in [2.45, 2.75) is 6.92 Å². The predicted octanol–water partition coefficient (Wildman–Crippen LogP) is 1.49. The first kappa shape index (κ1) is 12.8. The minimum atomic E-state index is -0.722. The van der Waals surface area contributed by atoms with Gasteiger partial charge in [-0.3, -0.25) is 0 Å². The van der Waals surface area contributed by atoms with Crippen LogP contribution in [0.25, 0.3) is 0 Å². The maximum atomic E-state index is 11.9. The molecule has 6 nitrogen and oxygen atoms in total. The monoisotopic (exact) mass is 263 g/mol. The van der Waals surface area contributed by atoms with Crippen LogP contribution in [0, 0.1) is 6.92 Å². The van der Waals surface area contributed by atoms with Crippen LogP contribution in [0.2, 0.25) is 0 Å². The SMILES string of the molecule is COc1cc(C(=O)On2c(O)ccc2O)ccc1C. The summed E-state index contributed by atoms with van der Waals surface area (Å²) in [5.41, 5.74) is 1.13. The van der Waals surface area contributed by atoms with Crippen molar-refractivity contribution >= 4 is 5.97 Å². The van der Waals surface area contributed by atoms with Gasteiger partial charge in [0.1, 0.15) is 5.75 Å². The number of rotatable bonds is 3. The van der Waals surface area contributed by atoms with Crippen molar-refractivity contribution in [2.75, 3.05) is 7.11 Å². The largest absolute Gasteiger partial charge is 0.496 e. The molecule has 100 valence electrons. The van der Waals surface area contributed by atoms with E-state index in [1.54, 1.807) is 12.1 Å². The molecule has 0 fully saturated rings. The zero-order chi connectivity index (χ0) is 14.0. The van der Waals surface area contributed by atoms with Crippen molar-refractivity contribution in [1.29, 1.82) is 0 Å². The van der Waals surface area contributed by atoms with Crippen LogP contribution in [0.5, 0.6) is 17.5 Å². The van der Waals surface area contributed by atoms with Gasteiger partial charge in [-0.1, -0.05) is 6.07 Å². The summed E-state index contributed by atoms with van der Waals surface area (Å²) < 4.78 is 5.74. The number of hydrogen-bond acceptors (Lipinski definition) is 5. The zero-order valence-electron chi connectivity index (χ0n) is 10.5. The lowest BCUT2D eigenvalue weighted by atomic mass is 10.1. The highest BCUT2D eigenvalue weighted by Gasteiger charge is 2.15. The molecule has 0 atom stereocenters. The Labute approximate surface area is 109 Å². The average molecular weight is 263 g/mol. The molecule has 1 aromatic carbocycles. The minimum absolute atomic E-state index is 0.245. The van der Waals surface area contributed by atoms with Gasteiger partial charge in [-0.05, 0) is 24.6 Å². The summed E-state index contributed by atoms with van der Waals surface area (Å²) in [4.78, 5) is 16.7. The fourth-order valence-electron chi connectivity index (χ4n) is 1.58. The molecule has 2 aromatic rings. The van der Waals surface area contributed by atoms with Crippen LogP contribution >= 0.6 is 0 Å². The Bertz CT molecular complexity index is 598. The molecule has 0 radical (unpaired) electrons. The van der Waals surface area contributed by atoms with Crippen molar-refractivity contribution in [3.05, 3.63) is 41.5 Å². The number of carbonyl (C=O) groups is 1. The summed E-state index contributed by atoms with van der Waals surface area (Å²) in [6.45, 7) is 1.84. The molecule has 0 unspecified atom stereocenters. The van der Waals surface area contributed by atoms with Crippen molar-refractivity contribution in [2.24, 2.45) is 0 Å². The molecular weight excluding hydrogens is 250 g/mol. The molecule has 1 heterocycles. The van der Waals surface area contributed by atoms with Crippen LogP contribution in [-0.2, 0) is 0 Å². The van der Waals surface area contributed by atoms with Crippen LogP contribution in [0.4, 0.5) is 0 Å². The molecule has 2 N–H and O–H groups in total. The quantitative estimate of drug-likeness (QED) is 0.876. The molecule has 6 heteroatoms. The predicted molar refractivity (Wildman–Crippen MR) is 66.4 cm³/mol. The average Bonchev–Trinajstić information content (AvgIpc) is 2.71. The van der Waals surface area contributed by atoms with E-state index in [4.69, 9.17) is 9.57 Å². The number of aryl methyl sites for hydroxylation is 1. The molecule has 0 aliphatic rings. The van der Waals surface area contributed by atoms with Gasteiger partial charge in [-0.25, -0.2) is 4.79 Å². The van der Waals surface area contributed by atoms with Gasteiger partial charge in [0.05, 0.1) is 12.7 Å². The third-order valence-corrected chi connectivity index (χ3v) is 2.62. The van der Waals surface area contributed by atoms with E-state index in [0.29, 0.717) is 10.5 Å². The van der Waals surface area contributed by atoms with Crippen LogP contribution in [0.15, 0.2) is 30.3 Å². The molecular formula is C13H13NO5. The second-order valence-corrected chi connectivity index (χ2v) is 3.91. The van der Waals surface area contributed by atoms with Gasteiger partial charge < -0.3 is 19.8 Å². The Morgan fingerprint density at radius 2 is 1.79 bits per heavy atom. The first-order valence-corrected chi connectivity index (χ1v) is 5.50. The Kier molecular flexibility index (Phi) is 3.33. The fraction of sp³-hybridized carbons (Fsp3) is 0.154. The lowest BCUT2D eigenvalue weighted by molar-refractivity contribution is 0.0381. The molecule has 0 saturated carbocycles. The van der Waals surface area contributed by atoms with E-state index in [0.717, 1.165) is 5.56 Å². The lowest BCUT2D eigenvalue weighted by Gasteiger charge is -2.09. The maximum Gasteiger partial charge on any atom is 0.364 e. The molecule has 0 aliphatic carbocycles. The number of nitrogens with zero attached hydrogens (tertiary/aromatic N) is 1. The molecule has 0 spiro atoms. The molecule has 0 aliphatic heterocycles. The van der Waals surface area contributed by atoms with E-state index < -0.39 is 5.97 Å². The van der Waals surface area contributed by atoms with E-state index in [1.807, 2.05) is 6.92 Å². The number of ether oxygens (including phenoxy) is 1. The molecule has 19 heavy (non-hydrogen) atoms. The Balaban J connectivity index is 2.25. The topological polar surface area (TPSA) is 80.9 Å². The third kappa shape index (κ3) is 2.47. The van der Waals surface area contributed by atoms with Gasteiger partial charge >= 0.3 is 5.97 Å². The number of carbonyl (C=O) groups excluding carboxylic acids is 1. The van der Waals surface area contributed by atoms with Crippen LogP contribution in [-0.4, -0.2) is 28.0 Å². The van der Waals surface area contributed by atoms with E-state index in [9.17, 15) is 15.0 Å². The summed E-state index contributed by atoms with van der Waals surface area (Å²) in [7, 11) is 1.50. The van der Waals surface area contributed by atoms with Gasteiger partial charge in [0.25, 0.3) is 0 Å². The number of methoxy groups -OCH3 is 1. The molecule has 0 saturated heterocycles. The van der Waals surface area contributed by atoms with Crippen molar-refractivity contribution in [1.82, 2.24) is 4.73 Å².